The van der Waals surface area contributed by atoms with Crippen LogP contribution in [0.25, 0.3) is 0 Å². The summed E-state index contributed by atoms with van der Waals surface area (Å²) >= 11 is 0. The summed E-state index contributed by atoms with van der Waals surface area (Å²) in [6, 6.07) is 0. The monoisotopic (exact) mass is 269 g/mol. The molecular formula is C8H22CuN4O2. The van der Waals surface area contributed by atoms with Crippen LogP contribution < -0.4 is 22.1 Å². The second-order valence-corrected chi connectivity index (χ2v) is 2.60. The summed E-state index contributed by atoms with van der Waals surface area (Å²) in [6.45, 7) is 6.22. The minimum absolute atomic E-state index is 0. The van der Waals surface area contributed by atoms with Gasteiger partial charge in [0.2, 0.25) is 0 Å². The summed E-state index contributed by atoms with van der Waals surface area (Å²) in [6.07, 6.45) is 0. The molecular weight excluding hydrogens is 248 g/mol. The number of carboxylic acid groups (broad SMARTS) is 1. The summed E-state index contributed by atoms with van der Waals surface area (Å²) in [5.41, 5.74) is 10.5. The maximum Gasteiger partial charge on any atom is 0.300 e. The van der Waals surface area contributed by atoms with Crippen molar-refractivity contribution in [3.8, 4) is 0 Å². The van der Waals surface area contributed by atoms with Crippen LogP contribution in [0.4, 0.5) is 0 Å². The van der Waals surface area contributed by atoms with Crippen molar-refractivity contribution in [1.82, 2.24) is 10.6 Å². The summed E-state index contributed by atoms with van der Waals surface area (Å²) in [5.74, 6) is -0.833. The van der Waals surface area contributed by atoms with Crippen LogP contribution in [-0.4, -0.2) is 50.3 Å². The van der Waals surface area contributed by atoms with Gasteiger partial charge >= 0.3 is 0 Å². The predicted octanol–water partition coefficient (Wildman–Crippen LogP) is -1.83. The Morgan fingerprint density at radius 1 is 1.07 bits per heavy atom. The third kappa shape index (κ3) is 41.5. The fourth-order valence-corrected chi connectivity index (χ4v) is 0.631. The molecule has 0 spiro atoms. The Balaban J connectivity index is -0.000000249. The maximum absolute atomic E-state index is 9.00. The number of carbonyl (C=O) groups is 1. The summed E-state index contributed by atoms with van der Waals surface area (Å²) in [4.78, 5) is 9.00. The number of rotatable bonds is 7. The molecule has 1 radical (unpaired) electrons. The Labute approximate surface area is 102 Å². The first-order valence-electron chi connectivity index (χ1n) is 4.66. The Morgan fingerprint density at radius 2 is 1.33 bits per heavy atom. The van der Waals surface area contributed by atoms with Gasteiger partial charge in [-0.05, 0) is 0 Å². The van der Waals surface area contributed by atoms with Gasteiger partial charge in [0.25, 0.3) is 5.97 Å². The van der Waals surface area contributed by atoms with Crippen LogP contribution >= 0.6 is 0 Å². The number of hydrogen-bond donors (Lipinski definition) is 5. The third-order valence-electron chi connectivity index (χ3n) is 1.12. The topological polar surface area (TPSA) is 113 Å². The Kier molecular flexibility index (Phi) is 26.2. The smallest absolute Gasteiger partial charge is 0.300 e. The molecule has 6 nitrogen and oxygen atoms in total. The molecule has 0 atom stereocenters. The van der Waals surface area contributed by atoms with Crippen LogP contribution in [0.1, 0.15) is 6.92 Å². The first-order chi connectivity index (χ1) is 6.65. The number of carboxylic acids is 1. The van der Waals surface area contributed by atoms with E-state index in [0.717, 1.165) is 33.1 Å². The second kappa shape index (κ2) is 19.4. The molecule has 0 aliphatic heterocycles. The SMILES string of the molecule is CC(=O)O.NCCNCCNCCN.[Cu]. The normalized spacial score (nSPS) is 8.47. The molecule has 0 aliphatic rings. The van der Waals surface area contributed by atoms with E-state index in [0.29, 0.717) is 13.1 Å². The molecule has 0 fully saturated rings. The van der Waals surface area contributed by atoms with Crippen LogP contribution in [0.3, 0.4) is 0 Å². The molecule has 0 unspecified atom stereocenters. The molecule has 0 amide bonds. The fraction of sp³-hybridized carbons (Fsp3) is 0.875. The van der Waals surface area contributed by atoms with Gasteiger partial charge < -0.3 is 27.2 Å². The molecule has 0 saturated heterocycles. The molecule has 0 bridgehead atoms. The van der Waals surface area contributed by atoms with Crippen molar-refractivity contribution in [2.24, 2.45) is 11.5 Å². The third-order valence-corrected chi connectivity index (χ3v) is 1.12. The van der Waals surface area contributed by atoms with E-state index in [1.54, 1.807) is 0 Å². The fourth-order valence-electron chi connectivity index (χ4n) is 0.631. The van der Waals surface area contributed by atoms with Gasteiger partial charge in [0.05, 0.1) is 0 Å². The van der Waals surface area contributed by atoms with Crippen LogP contribution in [0.15, 0.2) is 0 Å². The molecule has 0 aliphatic carbocycles. The van der Waals surface area contributed by atoms with Crippen molar-refractivity contribution in [3.05, 3.63) is 0 Å². The molecule has 0 aromatic rings. The van der Waals surface area contributed by atoms with Crippen molar-refractivity contribution in [2.45, 2.75) is 6.92 Å². The van der Waals surface area contributed by atoms with E-state index in [-0.39, 0.29) is 17.1 Å². The molecule has 7 N–H and O–H groups in total. The van der Waals surface area contributed by atoms with Crippen molar-refractivity contribution in [2.75, 3.05) is 39.3 Å². The van der Waals surface area contributed by atoms with Gasteiger partial charge in [0.15, 0.2) is 0 Å². The first kappa shape index (κ1) is 20.3. The van der Waals surface area contributed by atoms with Crippen molar-refractivity contribution < 1.29 is 27.0 Å². The van der Waals surface area contributed by atoms with Gasteiger partial charge in [-0.2, -0.15) is 0 Å². The first-order valence-corrected chi connectivity index (χ1v) is 4.66. The maximum atomic E-state index is 9.00. The van der Waals surface area contributed by atoms with Crippen LogP contribution in [0.5, 0.6) is 0 Å². The molecule has 0 heterocycles. The van der Waals surface area contributed by atoms with Crippen molar-refractivity contribution in [1.29, 1.82) is 0 Å². The van der Waals surface area contributed by atoms with E-state index in [1.165, 1.54) is 0 Å². The predicted molar refractivity (Wildman–Crippen MR) is 57.2 cm³/mol. The van der Waals surface area contributed by atoms with Crippen molar-refractivity contribution >= 4 is 5.97 Å². The van der Waals surface area contributed by atoms with Gasteiger partial charge in [0, 0.05) is 63.3 Å². The quantitative estimate of drug-likeness (QED) is 0.275. The van der Waals surface area contributed by atoms with E-state index < -0.39 is 5.97 Å². The van der Waals surface area contributed by atoms with E-state index in [1.807, 2.05) is 0 Å². The minimum atomic E-state index is -0.833. The Bertz CT molecular complexity index is 115. The number of aliphatic carboxylic acids is 1. The van der Waals surface area contributed by atoms with E-state index in [9.17, 15) is 0 Å². The molecule has 7 heteroatoms. The zero-order valence-electron chi connectivity index (χ0n) is 9.05. The van der Waals surface area contributed by atoms with Crippen LogP contribution in [0.2, 0.25) is 0 Å². The molecule has 0 aromatic heterocycles. The van der Waals surface area contributed by atoms with Crippen LogP contribution in [0, 0.1) is 0 Å². The minimum Gasteiger partial charge on any atom is -0.481 e. The second-order valence-electron chi connectivity index (χ2n) is 2.60. The average Bonchev–Trinajstić information content (AvgIpc) is 2.10. The zero-order valence-corrected chi connectivity index (χ0v) is 10.00. The largest absolute Gasteiger partial charge is 0.481 e. The molecule has 0 aromatic carbocycles. The van der Waals surface area contributed by atoms with Gasteiger partial charge in [-0.15, -0.1) is 0 Å². The van der Waals surface area contributed by atoms with Gasteiger partial charge in [-0.25, -0.2) is 0 Å². The summed E-state index contributed by atoms with van der Waals surface area (Å²) in [5, 5.41) is 13.7. The van der Waals surface area contributed by atoms with Gasteiger partial charge in [-0.3, -0.25) is 4.79 Å². The zero-order chi connectivity index (χ0) is 11.2. The standard InChI is InChI=1S/C6H18N4.C2H4O2.Cu/c7-1-3-9-5-6-10-4-2-8;1-2(3)4;/h9-10H,1-8H2;1H3,(H,3,4);. The Hall–Kier alpha value is -0.171. The molecule has 97 valence electrons. The van der Waals surface area contributed by atoms with Crippen LogP contribution in [-0.2, 0) is 21.9 Å². The van der Waals surface area contributed by atoms with E-state index in [2.05, 4.69) is 10.6 Å². The number of hydrogen-bond acceptors (Lipinski definition) is 5. The summed E-state index contributed by atoms with van der Waals surface area (Å²) < 4.78 is 0. The average molecular weight is 270 g/mol. The van der Waals surface area contributed by atoms with E-state index >= 15 is 0 Å². The molecule has 0 rings (SSSR count). The van der Waals surface area contributed by atoms with Crippen molar-refractivity contribution in [3.63, 3.8) is 0 Å². The molecule has 0 saturated carbocycles. The summed E-state index contributed by atoms with van der Waals surface area (Å²) in [7, 11) is 0. The van der Waals surface area contributed by atoms with Gasteiger partial charge in [0.1, 0.15) is 0 Å². The number of nitrogens with one attached hydrogen (secondary N) is 2. The van der Waals surface area contributed by atoms with Gasteiger partial charge in [-0.1, -0.05) is 0 Å². The van der Waals surface area contributed by atoms with E-state index in [4.69, 9.17) is 21.4 Å². The number of nitrogens with two attached hydrogens (primary N) is 2. The Morgan fingerprint density at radius 3 is 1.53 bits per heavy atom. The molecule has 15 heavy (non-hydrogen) atoms.